The molecule has 26 heavy (non-hydrogen) atoms. The molecule has 136 valence electrons. The molecule has 0 fully saturated rings. The molecule has 0 radical (unpaired) electrons. The number of hydrogen-bond acceptors (Lipinski definition) is 3. The van der Waals surface area contributed by atoms with Crippen molar-refractivity contribution in [3.63, 3.8) is 0 Å². The molecule has 0 amide bonds. The monoisotopic (exact) mass is 369 g/mol. The molecule has 0 aliphatic heterocycles. The molecule has 5 heteroatoms. The molecule has 0 spiro atoms. The molecular formula is C21H23NO3S. The van der Waals surface area contributed by atoms with Crippen LogP contribution >= 0.6 is 0 Å². The van der Waals surface area contributed by atoms with Gasteiger partial charge in [0.1, 0.15) is 5.75 Å². The molecule has 1 heterocycles. The van der Waals surface area contributed by atoms with E-state index in [1.807, 2.05) is 42.1 Å². The second-order valence-electron chi connectivity index (χ2n) is 7.66. The SMILES string of the molecule is Cn1ccc2ccc(C(=O)CS(=O)(=O)c3ccc(C(C)(C)C)cc3)cc21. The third-order valence-electron chi connectivity index (χ3n) is 4.61. The fourth-order valence-corrected chi connectivity index (χ4v) is 4.17. The van der Waals surface area contributed by atoms with Crippen molar-refractivity contribution < 1.29 is 13.2 Å². The number of sulfone groups is 1. The third-order valence-corrected chi connectivity index (χ3v) is 6.24. The van der Waals surface area contributed by atoms with Crippen LogP contribution in [0.15, 0.2) is 59.6 Å². The lowest BCUT2D eigenvalue weighted by molar-refractivity contribution is 0.102. The largest absolute Gasteiger partial charge is 0.351 e. The van der Waals surface area contributed by atoms with Crippen molar-refractivity contribution in [1.82, 2.24) is 4.57 Å². The first-order valence-electron chi connectivity index (χ1n) is 8.49. The van der Waals surface area contributed by atoms with Gasteiger partial charge in [0, 0.05) is 24.3 Å². The number of aryl methyl sites for hydroxylation is 1. The Morgan fingerprint density at radius 2 is 1.65 bits per heavy atom. The summed E-state index contributed by atoms with van der Waals surface area (Å²) in [5, 5.41) is 1.02. The van der Waals surface area contributed by atoms with E-state index >= 15 is 0 Å². The summed E-state index contributed by atoms with van der Waals surface area (Å²) in [6.45, 7) is 6.21. The highest BCUT2D eigenvalue weighted by molar-refractivity contribution is 7.92. The standard InChI is InChI=1S/C21H23NO3S/c1-21(2,3)17-7-9-18(10-8-17)26(24,25)14-20(23)16-6-5-15-11-12-22(4)19(15)13-16/h5-13H,14H2,1-4H3. The van der Waals surface area contributed by atoms with Gasteiger partial charge in [-0.15, -0.1) is 0 Å². The van der Waals surface area contributed by atoms with Gasteiger partial charge < -0.3 is 4.57 Å². The Bertz CT molecular complexity index is 1070. The topological polar surface area (TPSA) is 56.1 Å². The molecule has 0 unspecified atom stereocenters. The Morgan fingerprint density at radius 3 is 2.27 bits per heavy atom. The van der Waals surface area contributed by atoms with Crippen LogP contribution in [0.3, 0.4) is 0 Å². The highest BCUT2D eigenvalue weighted by Crippen LogP contribution is 2.24. The van der Waals surface area contributed by atoms with Gasteiger partial charge in [0.05, 0.1) is 4.90 Å². The van der Waals surface area contributed by atoms with Gasteiger partial charge in [-0.3, -0.25) is 4.79 Å². The van der Waals surface area contributed by atoms with Crippen molar-refractivity contribution in [2.45, 2.75) is 31.1 Å². The van der Waals surface area contributed by atoms with Crippen molar-refractivity contribution in [2.75, 3.05) is 5.75 Å². The molecule has 1 aromatic heterocycles. The van der Waals surface area contributed by atoms with Gasteiger partial charge in [-0.2, -0.15) is 0 Å². The van der Waals surface area contributed by atoms with Gasteiger partial charge in [0.2, 0.25) is 0 Å². The number of hydrogen-bond donors (Lipinski definition) is 0. The number of ketones is 1. The number of benzene rings is 2. The minimum atomic E-state index is -3.68. The Morgan fingerprint density at radius 1 is 1.00 bits per heavy atom. The maximum absolute atomic E-state index is 12.6. The predicted octanol–water partition coefficient (Wildman–Crippen LogP) is 4.13. The fraction of sp³-hybridized carbons (Fsp3) is 0.286. The van der Waals surface area contributed by atoms with Crippen LogP contribution in [0.5, 0.6) is 0 Å². The molecule has 0 saturated carbocycles. The van der Waals surface area contributed by atoms with E-state index < -0.39 is 21.4 Å². The molecule has 2 aromatic carbocycles. The van der Waals surface area contributed by atoms with E-state index in [0.717, 1.165) is 16.5 Å². The van der Waals surface area contributed by atoms with E-state index in [1.54, 1.807) is 24.3 Å². The Labute approximate surface area is 154 Å². The van der Waals surface area contributed by atoms with E-state index in [4.69, 9.17) is 0 Å². The van der Waals surface area contributed by atoms with Crippen LogP contribution < -0.4 is 0 Å². The molecule has 3 rings (SSSR count). The Balaban J connectivity index is 1.85. The quantitative estimate of drug-likeness (QED) is 0.650. The summed E-state index contributed by atoms with van der Waals surface area (Å²) in [5.74, 6) is -0.925. The third kappa shape index (κ3) is 3.58. The van der Waals surface area contributed by atoms with Crippen LogP contribution in [0.4, 0.5) is 0 Å². The number of rotatable bonds is 4. The fourth-order valence-electron chi connectivity index (χ4n) is 2.94. The zero-order valence-electron chi connectivity index (χ0n) is 15.5. The maximum Gasteiger partial charge on any atom is 0.185 e. The molecule has 0 bridgehead atoms. The lowest BCUT2D eigenvalue weighted by Gasteiger charge is -2.19. The smallest absolute Gasteiger partial charge is 0.185 e. The zero-order valence-corrected chi connectivity index (χ0v) is 16.3. The average Bonchev–Trinajstić information content (AvgIpc) is 2.94. The summed E-state index contributed by atoms with van der Waals surface area (Å²) in [6, 6.07) is 14.0. The average molecular weight is 369 g/mol. The van der Waals surface area contributed by atoms with Crippen LogP contribution in [0.1, 0.15) is 36.7 Å². The van der Waals surface area contributed by atoms with Crippen molar-refractivity contribution in [1.29, 1.82) is 0 Å². The van der Waals surface area contributed by atoms with Crippen LogP contribution in [0, 0.1) is 0 Å². The molecule has 0 aliphatic rings. The number of nitrogens with zero attached hydrogens (tertiary/aromatic N) is 1. The normalized spacial score (nSPS) is 12.5. The molecule has 0 N–H and O–H groups in total. The second-order valence-corrected chi connectivity index (χ2v) is 9.65. The summed E-state index contributed by atoms with van der Waals surface area (Å²) in [5.41, 5.74) is 2.32. The number of Topliss-reactive ketones (excluding diaryl/α,β-unsaturated/α-hetero) is 1. The Hall–Kier alpha value is -2.40. The first-order chi connectivity index (χ1) is 12.1. The zero-order chi connectivity index (χ0) is 19.1. The van der Waals surface area contributed by atoms with Gasteiger partial charge >= 0.3 is 0 Å². The van der Waals surface area contributed by atoms with E-state index in [0.29, 0.717) is 5.56 Å². The second kappa shape index (κ2) is 6.40. The summed E-state index contributed by atoms with van der Waals surface area (Å²) in [7, 11) is -1.78. The van der Waals surface area contributed by atoms with Crippen molar-refractivity contribution in [3.8, 4) is 0 Å². The van der Waals surface area contributed by atoms with Crippen molar-refractivity contribution in [3.05, 3.63) is 65.9 Å². The van der Waals surface area contributed by atoms with Gasteiger partial charge in [-0.05, 0) is 40.6 Å². The number of carbonyl (C=O) groups excluding carboxylic acids is 1. The van der Waals surface area contributed by atoms with Crippen LogP contribution in [0.25, 0.3) is 10.9 Å². The van der Waals surface area contributed by atoms with E-state index in [9.17, 15) is 13.2 Å². The van der Waals surface area contributed by atoms with E-state index in [-0.39, 0.29) is 10.3 Å². The number of aromatic nitrogens is 1. The van der Waals surface area contributed by atoms with Gasteiger partial charge in [-0.25, -0.2) is 8.42 Å². The molecule has 0 atom stereocenters. The number of fused-ring (bicyclic) bond motifs is 1. The summed E-state index contributed by atoms with van der Waals surface area (Å²) in [6.07, 6.45) is 1.91. The number of carbonyl (C=O) groups is 1. The van der Waals surface area contributed by atoms with Crippen molar-refractivity contribution in [2.24, 2.45) is 7.05 Å². The van der Waals surface area contributed by atoms with Crippen LogP contribution in [-0.2, 0) is 22.3 Å². The highest BCUT2D eigenvalue weighted by atomic mass is 32.2. The van der Waals surface area contributed by atoms with Crippen molar-refractivity contribution >= 4 is 26.5 Å². The molecule has 3 aromatic rings. The maximum atomic E-state index is 12.6. The van der Waals surface area contributed by atoms with Gasteiger partial charge in [0.15, 0.2) is 15.6 Å². The minimum absolute atomic E-state index is 0.0530. The van der Waals surface area contributed by atoms with Crippen LogP contribution in [0.2, 0.25) is 0 Å². The molecule has 0 aliphatic carbocycles. The summed E-state index contributed by atoms with van der Waals surface area (Å²) < 4.78 is 27.2. The van der Waals surface area contributed by atoms with Gasteiger partial charge in [0.25, 0.3) is 0 Å². The first-order valence-corrected chi connectivity index (χ1v) is 10.1. The first kappa shape index (κ1) is 18.4. The Kier molecular flexibility index (Phi) is 4.53. The van der Waals surface area contributed by atoms with Crippen LogP contribution in [-0.4, -0.2) is 24.5 Å². The summed E-state index contributed by atoms with van der Waals surface area (Å²) >= 11 is 0. The lowest BCUT2D eigenvalue weighted by atomic mass is 9.87. The highest BCUT2D eigenvalue weighted by Gasteiger charge is 2.22. The van der Waals surface area contributed by atoms with E-state index in [2.05, 4.69) is 20.8 Å². The molecular weight excluding hydrogens is 346 g/mol. The molecule has 4 nitrogen and oxygen atoms in total. The molecule has 0 saturated heterocycles. The van der Waals surface area contributed by atoms with Gasteiger partial charge in [-0.1, -0.05) is 45.0 Å². The predicted molar refractivity (Wildman–Crippen MR) is 104 cm³/mol. The minimum Gasteiger partial charge on any atom is -0.351 e. The lowest BCUT2D eigenvalue weighted by Crippen LogP contribution is -2.17. The van der Waals surface area contributed by atoms with E-state index in [1.165, 1.54) is 0 Å². The summed E-state index contributed by atoms with van der Waals surface area (Å²) in [4.78, 5) is 12.7.